The maximum atomic E-state index is 12.7. The Balaban J connectivity index is 1.88. The third kappa shape index (κ3) is 3.33. The Morgan fingerprint density at radius 3 is 1.04 bits per heavy atom. The van der Waals surface area contributed by atoms with Crippen LogP contribution in [-0.2, 0) is 12.4 Å². The van der Waals surface area contributed by atoms with E-state index in [1.54, 1.807) is 0 Å². The largest absolute Gasteiger partial charge is 0.416 e. The Labute approximate surface area is 147 Å². The number of hydrogen-bond donors (Lipinski definition) is 0. The average Bonchev–Trinajstić information content (AvgIpc) is 2.57. The van der Waals surface area contributed by atoms with E-state index >= 15 is 0 Å². The summed E-state index contributed by atoms with van der Waals surface area (Å²) in [6.07, 6.45) is -8.77. The molecule has 1 aliphatic carbocycles. The van der Waals surface area contributed by atoms with Gasteiger partial charge in [-0.15, -0.1) is 0 Å². The molecular weight excluding hydrogens is 354 g/mol. The van der Waals surface area contributed by atoms with E-state index < -0.39 is 23.5 Å². The van der Waals surface area contributed by atoms with E-state index in [-0.39, 0.29) is 23.7 Å². The van der Waals surface area contributed by atoms with Gasteiger partial charge >= 0.3 is 12.4 Å². The number of benzene rings is 2. The maximum absolute atomic E-state index is 12.7. The first-order valence-electron chi connectivity index (χ1n) is 8.34. The summed E-state index contributed by atoms with van der Waals surface area (Å²) >= 11 is 0. The molecule has 0 amide bonds. The van der Waals surface area contributed by atoms with Crippen LogP contribution >= 0.6 is 0 Å². The first-order chi connectivity index (χ1) is 12.0. The van der Waals surface area contributed by atoms with E-state index in [1.807, 2.05) is 13.8 Å². The van der Waals surface area contributed by atoms with E-state index in [2.05, 4.69) is 0 Å². The third-order valence-corrected chi connectivity index (χ3v) is 5.59. The van der Waals surface area contributed by atoms with Crippen molar-refractivity contribution >= 4 is 0 Å². The van der Waals surface area contributed by atoms with Crippen molar-refractivity contribution in [3.8, 4) is 0 Å². The van der Waals surface area contributed by atoms with Crippen LogP contribution in [0.5, 0.6) is 0 Å². The second-order valence-electron chi connectivity index (χ2n) is 7.01. The minimum Gasteiger partial charge on any atom is -0.166 e. The van der Waals surface area contributed by atoms with Crippen molar-refractivity contribution in [3.05, 3.63) is 70.8 Å². The minimum atomic E-state index is -4.39. The monoisotopic (exact) mass is 372 g/mol. The zero-order valence-electron chi connectivity index (χ0n) is 14.2. The van der Waals surface area contributed by atoms with Crippen molar-refractivity contribution in [1.29, 1.82) is 0 Å². The predicted octanol–water partition coefficient (Wildman–Crippen LogP) is 6.88. The highest BCUT2D eigenvalue weighted by Gasteiger charge is 2.46. The van der Waals surface area contributed by atoms with Crippen LogP contribution in [-0.4, -0.2) is 0 Å². The molecule has 1 aliphatic rings. The molecule has 0 aliphatic heterocycles. The summed E-state index contributed by atoms with van der Waals surface area (Å²) in [6, 6.07) is 10.2. The van der Waals surface area contributed by atoms with Crippen molar-refractivity contribution in [2.75, 3.05) is 0 Å². The molecular formula is C20H18F6. The predicted molar refractivity (Wildman–Crippen MR) is 86.7 cm³/mol. The van der Waals surface area contributed by atoms with Gasteiger partial charge in [0.15, 0.2) is 0 Å². The molecule has 0 aromatic heterocycles. The molecule has 0 radical (unpaired) electrons. The SMILES string of the molecule is CC1[C@H](C)C(c2ccc(C(F)(F)F)cc2)[C@H]1c1ccc(C(F)(F)F)cc1. The van der Waals surface area contributed by atoms with Gasteiger partial charge in [0, 0.05) is 0 Å². The molecule has 2 unspecified atom stereocenters. The summed E-state index contributed by atoms with van der Waals surface area (Å²) in [6.45, 7) is 4.04. The lowest BCUT2D eigenvalue weighted by Crippen LogP contribution is -2.40. The average molecular weight is 372 g/mol. The van der Waals surface area contributed by atoms with Crippen molar-refractivity contribution in [1.82, 2.24) is 0 Å². The van der Waals surface area contributed by atoms with Gasteiger partial charge in [-0.2, -0.15) is 26.3 Å². The molecule has 0 heterocycles. The third-order valence-electron chi connectivity index (χ3n) is 5.59. The van der Waals surface area contributed by atoms with E-state index in [0.29, 0.717) is 0 Å². The Morgan fingerprint density at radius 2 is 0.808 bits per heavy atom. The van der Waals surface area contributed by atoms with Crippen LogP contribution < -0.4 is 0 Å². The number of halogens is 6. The molecule has 3 rings (SSSR count). The summed E-state index contributed by atoms with van der Waals surface area (Å²) < 4.78 is 76.4. The van der Waals surface area contributed by atoms with E-state index in [0.717, 1.165) is 35.4 Å². The second-order valence-corrected chi connectivity index (χ2v) is 7.01. The first kappa shape index (κ1) is 18.8. The fourth-order valence-corrected chi connectivity index (χ4v) is 3.97. The van der Waals surface area contributed by atoms with Gasteiger partial charge in [-0.3, -0.25) is 0 Å². The molecule has 2 aromatic carbocycles. The normalized spacial score (nSPS) is 26.5. The van der Waals surface area contributed by atoms with Crippen LogP contribution in [0.25, 0.3) is 0 Å². The summed E-state index contributed by atoms with van der Waals surface area (Å²) in [5.41, 5.74) is 0.168. The van der Waals surface area contributed by atoms with Gasteiger partial charge in [0.05, 0.1) is 11.1 Å². The molecule has 140 valence electrons. The molecule has 0 spiro atoms. The summed E-state index contributed by atoms with van der Waals surface area (Å²) in [5, 5.41) is 0. The van der Waals surface area contributed by atoms with Crippen LogP contribution in [0.1, 0.15) is 47.9 Å². The van der Waals surface area contributed by atoms with Crippen molar-refractivity contribution in [3.63, 3.8) is 0 Å². The zero-order chi connectivity index (χ0) is 19.3. The maximum Gasteiger partial charge on any atom is 0.416 e. The highest BCUT2D eigenvalue weighted by Crippen LogP contribution is 2.57. The van der Waals surface area contributed by atoms with Gasteiger partial charge < -0.3 is 0 Å². The highest BCUT2D eigenvalue weighted by molar-refractivity contribution is 5.37. The molecule has 0 saturated heterocycles. The van der Waals surface area contributed by atoms with Gasteiger partial charge in [-0.1, -0.05) is 38.1 Å². The van der Waals surface area contributed by atoms with Gasteiger partial charge in [-0.05, 0) is 59.1 Å². The van der Waals surface area contributed by atoms with Gasteiger partial charge in [0.25, 0.3) is 0 Å². The molecule has 0 nitrogen and oxygen atoms in total. The molecule has 0 bridgehead atoms. The Hall–Kier alpha value is -1.98. The summed E-state index contributed by atoms with van der Waals surface area (Å²) in [5.74, 6) is 0.450. The fourth-order valence-electron chi connectivity index (χ4n) is 3.97. The lowest BCUT2D eigenvalue weighted by atomic mass is 9.54. The van der Waals surface area contributed by atoms with Gasteiger partial charge in [-0.25, -0.2) is 0 Å². The summed E-state index contributed by atoms with van der Waals surface area (Å²) in [4.78, 5) is 0. The fraction of sp³-hybridized carbons (Fsp3) is 0.400. The van der Waals surface area contributed by atoms with Crippen LogP contribution in [0.4, 0.5) is 26.3 Å². The standard InChI is InChI=1S/C20H18F6/c1-11-12(2)18(14-5-9-16(10-6-14)20(24,25)26)17(11)13-3-7-15(8-4-13)19(21,22)23/h3-12,17-18H,1-2H3/t11-,12?,17?,18+/m0/s1. The zero-order valence-corrected chi connectivity index (χ0v) is 14.2. The Morgan fingerprint density at radius 1 is 0.538 bits per heavy atom. The number of alkyl halides is 6. The van der Waals surface area contributed by atoms with Crippen LogP contribution in [0, 0.1) is 11.8 Å². The van der Waals surface area contributed by atoms with E-state index in [9.17, 15) is 26.3 Å². The van der Waals surface area contributed by atoms with E-state index in [1.165, 1.54) is 24.3 Å². The molecule has 6 heteroatoms. The highest BCUT2D eigenvalue weighted by atomic mass is 19.4. The van der Waals surface area contributed by atoms with Crippen molar-refractivity contribution in [2.45, 2.75) is 38.0 Å². The first-order valence-corrected chi connectivity index (χ1v) is 8.34. The van der Waals surface area contributed by atoms with Crippen molar-refractivity contribution < 1.29 is 26.3 Å². The Bertz CT molecular complexity index is 687. The molecule has 2 aromatic rings. The molecule has 1 fully saturated rings. The smallest absolute Gasteiger partial charge is 0.166 e. The second kappa shape index (κ2) is 6.32. The van der Waals surface area contributed by atoms with Gasteiger partial charge in [0.1, 0.15) is 0 Å². The van der Waals surface area contributed by atoms with Gasteiger partial charge in [0.2, 0.25) is 0 Å². The lowest BCUT2D eigenvalue weighted by Gasteiger charge is -2.50. The Kier molecular flexibility index (Phi) is 4.57. The van der Waals surface area contributed by atoms with Crippen LogP contribution in [0.3, 0.4) is 0 Å². The quantitative estimate of drug-likeness (QED) is 0.504. The van der Waals surface area contributed by atoms with E-state index in [4.69, 9.17) is 0 Å². The minimum absolute atomic E-state index is 0.0102. The molecule has 26 heavy (non-hydrogen) atoms. The molecule has 4 atom stereocenters. The van der Waals surface area contributed by atoms with Crippen LogP contribution in [0.2, 0.25) is 0 Å². The summed E-state index contributed by atoms with van der Waals surface area (Å²) in [7, 11) is 0. The van der Waals surface area contributed by atoms with Crippen LogP contribution in [0.15, 0.2) is 48.5 Å². The topological polar surface area (TPSA) is 0 Å². The number of hydrogen-bond acceptors (Lipinski definition) is 0. The lowest BCUT2D eigenvalue weighted by molar-refractivity contribution is -0.138. The molecule has 1 saturated carbocycles. The molecule has 0 N–H and O–H groups in total. The number of rotatable bonds is 2. The van der Waals surface area contributed by atoms with Crippen molar-refractivity contribution in [2.24, 2.45) is 11.8 Å².